The summed E-state index contributed by atoms with van der Waals surface area (Å²) < 4.78 is 5.19. The summed E-state index contributed by atoms with van der Waals surface area (Å²) in [5, 5.41) is 7.06. The third-order valence-electron chi connectivity index (χ3n) is 2.12. The highest BCUT2D eigenvalue weighted by Gasteiger charge is 2.09. The first kappa shape index (κ1) is 8.99. The standard InChI is InChI=1S/C10H13N3O/c1-3-4-9-11-10(13-12-9)8-5-6-14-7(8)2/h5-6H,3-4H2,1-2H3,(H,11,12,13). The Balaban J connectivity index is 2.29. The quantitative estimate of drug-likeness (QED) is 0.810. The van der Waals surface area contributed by atoms with Crippen LogP contribution >= 0.6 is 0 Å². The Kier molecular flexibility index (Phi) is 2.35. The van der Waals surface area contributed by atoms with Crippen LogP contribution in [0.1, 0.15) is 24.9 Å². The Bertz CT molecular complexity index is 416. The second-order valence-electron chi connectivity index (χ2n) is 3.25. The Morgan fingerprint density at radius 2 is 2.36 bits per heavy atom. The van der Waals surface area contributed by atoms with Crippen LogP contribution in [-0.4, -0.2) is 15.2 Å². The van der Waals surface area contributed by atoms with E-state index in [1.165, 1.54) is 0 Å². The highest BCUT2D eigenvalue weighted by Crippen LogP contribution is 2.20. The molecule has 2 aromatic heterocycles. The summed E-state index contributed by atoms with van der Waals surface area (Å²) in [5.41, 5.74) is 0.962. The van der Waals surface area contributed by atoms with E-state index in [-0.39, 0.29) is 0 Å². The van der Waals surface area contributed by atoms with Gasteiger partial charge in [-0.2, -0.15) is 5.10 Å². The summed E-state index contributed by atoms with van der Waals surface area (Å²) in [5.74, 6) is 2.51. The van der Waals surface area contributed by atoms with Gasteiger partial charge in [-0.05, 0) is 19.4 Å². The van der Waals surface area contributed by atoms with Crippen molar-refractivity contribution in [2.45, 2.75) is 26.7 Å². The number of aryl methyl sites for hydroxylation is 2. The number of aromatic amines is 1. The molecule has 4 heteroatoms. The highest BCUT2D eigenvalue weighted by molar-refractivity contribution is 5.56. The van der Waals surface area contributed by atoms with Gasteiger partial charge in [0.1, 0.15) is 11.6 Å². The maximum Gasteiger partial charge on any atom is 0.184 e. The van der Waals surface area contributed by atoms with E-state index in [1.807, 2.05) is 13.0 Å². The molecule has 0 amide bonds. The van der Waals surface area contributed by atoms with Gasteiger partial charge < -0.3 is 4.42 Å². The molecule has 0 fully saturated rings. The molecule has 0 aliphatic carbocycles. The summed E-state index contributed by atoms with van der Waals surface area (Å²) in [4.78, 5) is 4.38. The van der Waals surface area contributed by atoms with Crippen LogP contribution in [0.2, 0.25) is 0 Å². The minimum absolute atomic E-state index is 0.722. The normalized spacial score (nSPS) is 10.7. The molecule has 4 nitrogen and oxygen atoms in total. The van der Waals surface area contributed by atoms with Crippen molar-refractivity contribution in [3.8, 4) is 11.4 Å². The fourth-order valence-electron chi connectivity index (χ4n) is 1.38. The van der Waals surface area contributed by atoms with Crippen LogP contribution in [0.4, 0.5) is 0 Å². The molecule has 14 heavy (non-hydrogen) atoms. The number of nitrogens with zero attached hydrogens (tertiary/aromatic N) is 2. The Morgan fingerprint density at radius 1 is 1.50 bits per heavy atom. The smallest absolute Gasteiger partial charge is 0.184 e. The third kappa shape index (κ3) is 1.55. The zero-order chi connectivity index (χ0) is 9.97. The van der Waals surface area contributed by atoms with E-state index in [0.717, 1.165) is 35.8 Å². The Morgan fingerprint density at radius 3 is 3.00 bits per heavy atom. The lowest BCUT2D eigenvalue weighted by Gasteiger charge is -1.89. The van der Waals surface area contributed by atoms with Crippen molar-refractivity contribution >= 4 is 0 Å². The molecule has 2 aromatic rings. The van der Waals surface area contributed by atoms with Gasteiger partial charge in [-0.1, -0.05) is 6.92 Å². The number of aromatic nitrogens is 3. The minimum Gasteiger partial charge on any atom is -0.469 e. The molecule has 2 heterocycles. The fourth-order valence-corrected chi connectivity index (χ4v) is 1.38. The van der Waals surface area contributed by atoms with E-state index in [9.17, 15) is 0 Å². The van der Waals surface area contributed by atoms with Crippen LogP contribution in [0, 0.1) is 6.92 Å². The SMILES string of the molecule is CCCc1nc(-c2ccoc2C)n[nH]1. The minimum atomic E-state index is 0.722. The molecule has 0 aliphatic heterocycles. The van der Waals surface area contributed by atoms with E-state index in [4.69, 9.17) is 4.42 Å². The van der Waals surface area contributed by atoms with Crippen molar-refractivity contribution in [1.82, 2.24) is 15.2 Å². The molecule has 0 atom stereocenters. The van der Waals surface area contributed by atoms with Gasteiger partial charge in [-0.25, -0.2) is 4.98 Å². The molecule has 0 aromatic carbocycles. The zero-order valence-corrected chi connectivity index (χ0v) is 8.37. The Labute approximate surface area is 82.4 Å². The molecule has 74 valence electrons. The van der Waals surface area contributed by atoms with Crippen LogP contribution in [0.3, 0.4) is 0 Å². The van der Waals surface area contributed by atoms with Crippen molar-refractivity contribution < 1.29 is 4.42 Å². The van der Waals surface area contributed by atoms with Gasteiger partial charge in [0, 0.05) is 6.42 Å². The first-order valence-corrected chi connectivity index (χ1v) is 4.77. The van der Waals surface area contributed by atoms with E-state index in [2.05, 4.69) is 22.1 Å². The number of hydrogen-bond donors (Lipinski definition) is 1. The predicted molar refractivity (Wildman–Crippen MR) is 52.8 cm³/mol. The second kappa shape index (κ2) is 3.65. The zero-order valence-electron chi connectivity index (χ0n) is 8.37. The number of furan rings is 1. The molecule has 0 saturated heterocycles. The maximum atomic E-state index is 5.19. The van der Waals surface area contributed by atoms with Crippen molar-refractivity contribution in [2.75, 3.05) is 0 Å². The van der Waals surface area contributed by atoms with Crippen LogP contribution in [0.25, 0.3) is 11.4 Å². The molecule has 0 radical (unpaired) electrons. The van der Waals surface area contributed by atoms with Gasteiger partial charge in [0.05, 0.1) is 11.8 Å². The van der Waals surface area contributed by atoms with Gasteiger partial charge in [-0.15, -0.1) is 0 Å². The fraction of sp³-hybridized carbons (Fsp3) is 0.400. The average Bonchev–Trinajstić information content (AvgIpc) is 2.74. The molecule has 0 unspecified atom stereocenters. The third-order valence-corrected chi connectivity index (χ3v) is 2.12. The molecule has 0 saturated carbocycles. The monoisotopic (exact) mass is 191 g/mol. The lowest BCUT2D eigenvalue weighted by atomic mass is 10.2. The van der Waals surface area contributed by atoms with E-state index in [1.54, 1.807) is 6.26 Å². The molecular formula is C10H13N3O. The summed E-state index contributed by atoms with van der Waals surface area (Å²) in [6.45, 7) is 4.02. The lowest BCUT2D eigenvalue weighted by Crippen LogP contribution is -1.85. The Hall–Kier alpha value is -1.58. The molecule has 0 aliphatic rings. The number of rotatable bonds is 3. The van der Waals surface area contributed by atoms with Crippen molar-refractivity contribution in [3.63, 3.8) is 0 Å². The largest absolute Gasteiger partial charge is 0.469 e. The van der Waals surface area contributed by atoms with Crippen molar-refractivity contribution in [2.24, 2.45) is 0 Å². The van der Waals surface area contributed by atoms with Gasteiger partial charge >= 0.3 is 0 Å². The number of H-pyrrole nitrogens is 1. The molecule has 0 bridgehead atoms. The van der Waals surface area contributed by atoms with Crippen LogP contribution in [0.15, 0.2) is 16.7 Å². The summed E-state index contributed by atoms with van der Waals surface area (Å²) in [6, 6.07) is 1.88. The van der Waals surface area contributed by atoms with E-state index < -0.39 is 0 Å². The maximum absolute atomic E-state index is 5.19. The molecule has 1 N–H and O–H groups in total. The predicted octanol–water partition coefficient (Wildman–Crippen LogP) is 2.33. The van der Waals surface area contributed by atoms with Crippen molar-refractivity contribution in [3.05, 3.63) is 23.9 Å². The van der Waals surface area contributed by atoms with Gasteiger partial charge in [-0.3, -0.25) is 5.10 Å². The number of hydrogen-bond acceptors (Lipinski definition) is 3. The molecular weight excluding hydrogens is 178 g/mol. The van der Waals surface area contributed by atoms with Gasteiger partial charge in [0.15, 0.2) is 5.82 Å². The topological polar surface area (TPSA) is 54.7 Å². The number of nitrogens with one attached hydrogen (secondary N) is 1. The first-order chi connectivity index (χ1) is 6.81. The van der Waals surface area contributed by atoms with E-state index >= 15 is 0 Å². The second-order valence-corrected chi connectivity index (χ2v) is 3.25. The van der Waals surface area contributed by atoms with E-state index in [0.29, 0.717) is 0 Å². The van der Waals surface area contributed by atoms with Gasteiger partial charge in [0.2, 0.25) is 0 Å². The van der Waals surface area contributed by atoms with Crippen LogP contribution < -0.4 is 0 Å². The molecule has 2 rings (SSSR count). The lowest BCUT2D eigenvalue weighted by molar-refractivity contribution is 0.535. The van der Waals surface area contributed by atoms with Gasteiger partial charge in [0.25, 0.3) is 0 Å². The molecule has 0 spiro atoms. The first-order valence-electron chi connectivity index (χ1n) is 4.77. The summed E-state index contributed by atoms with van der Waals surface area (Å²) in [6.07, 6.45) is 3.66. The van der Waals surface area contributed by atoms with Crippen molar-refractivity contribution in [1.29, 1.82) is 0 Å². The summed E-state index contributed by atoms with van der Waals surface area (Å²) >= 11 is 0. The average molecular weight is 191 g/mol. The van der Waals surface area contributed by atoms with Crippen LogP contribution in [-0.2, 0) is 6.42 Å². The van der Waals surface area contributed by atoms with Crippen LogP contribution in [0.5, 0.6) is 0 Å². The highest BCUT2D eigenvalue weighted by atomic mass is 16.3. The summed E-state index contributed by atoms with van der Waals surface area (Å²) in [7, 11) is 0.